The molecule has 0 radical (unpaired) electrons. The average Bonchev–Trinajstić information content (AvgIpc) is 2.36. The van der Waals surface area contributed by atoms with Gasteiger partial charge in [0.15, 0.2) is 5.78 Å². The Bertz CT molecular complexity index is 626. The molecule has 19 heavy (non-hydrogen) atoms. The van der Waals surface area contributed by atoms with Gasteiger partial charge in [-0.05, 0) is 45.8 Å². The zero-order chi connectivity index (χ0) is 14.0. The Hall–Kier alpha value is -0.710. The number of carbonyl (C=O) groups is 1. The molecule has 0 fully saturated rings. The molecule has 0 heterocycles. The molecule has 0 aliphatic rings. The summed E-state index contributed by atoms with van der Waals surface area (Å²) in [6.07, 6.45) is 0.141. The summed E-state index contributed by atoms with van der Waals surface area (Å²) in [5, 5.41) is 0.320. The van der Waals surface area contributed by atoms with Crippen LogP contribution in [0.3, 0.4) is 0 Å². The third-order valence-corrected chi connectivity index (χ3v) is 4.31. The normalized spacial score (nSPS) is 10.5. The Morgan fingerprint density at radius 2 is 1.79 bits per heavy atom. The van der Waals surface area contributed by atoms with E-state index in [0.29, 0.717) is 9.50 Å². The van der Waals surface area contributed by atoms with Crippen LogP contribution >= 0.6 is 43.5 Å². The summed E-state index contributed by atoms with van der Waals surface area (Å²) >= 11 is 12.3. The van der Waals surface area contributed by atoms with Gasteiger partial charge < -0.3 is 0 Å². The van der Waals surface area contributed by atoms with E-state index in [-0.39, 0.29) is 17.8 Å². The Labute approximate surface area is 132 Å². The second-order valence-electron chi connectivity index (χ2n) is 3.97. The summed E-state index contributed by atoms with van der Waals surface area (Å²) in [6.45, 7) is 0. The maximum Gasteiger partial charge on any atom is 0.170 e. The molecule has 2 aromatic carbocycles. The van der Waals surface area contributed by atoms with Gasteiger partial charge in [-0.1, -0.05) is 39.7 Å². The molecule has 1 nitrogen and oxygen atoms in total. The van der Waals surface area contributed by atoms with Crippen molar-refractivity contribution >= 4 is 49.2 Å². The van der Waals surface area contributed by atoms with Crippen molar-refractivity contribution in [3.05, 3.63) is 67.3 Å². The summed E-state index contributed by atoms with van der Waals surface area (Å²) in [7, 11) is 0. The first-order chi connectivity index (χ1) is 8.97. The molecule has 0 aliphatic carbocycles. The van der Waals surface area contributed by atoms with E-state index in [2.05, 4.69) is 31.9 Å². The minimum absolute atomic E-state index is 0.0103. The van der Waals surface area contributed by atoms with E-state index in [9.17, 15) is 9.18 Å². The van der Waals surface area contributed by atoms with Crippen LogP contribution in [0, 0.1) is 5.82 Å². The Balaban J connectivity index is 2.25. The predicted octanol–water partition coefficient (Wildman–Crippen LogP) is 5.43. The van der Waals surface area contributed by atoms with Crippen molar-refractivity contribution in [3.63, 3.8) is 0 Å². The third-order valence-electron chi connectivity index (χ3n) is 2.59. The Kier molecular flexibility index (Phi) is 4.76. The molecule has 2 aromatic rings. The molecule has 0 atom stereocenters. The largest absolute Gasteiger partial charge is 0.294 e. The topological polar surface area (TPSA) is 17.1 Å². The molecule has 0 aliphatic heterocycles. The van der Waals surface area contributed by atoms with Gasteiger partial charge in [0.05, 0.1) is 10.6 Å². The number of carbonyl (C=O) groups excluding carboxylic acids is 1. The van der Waals surface area contributed by atoms with Crippen LogP contribution in [-0.4, -0.2) is 5.78 Å². The quantitative estimate of drug-likeness (QED) is 0.491. The SMILES string of the molecule is O=C(Cc1ccc(Br)cc1)c1cc(Cl)c(Br)cc1F. The number of hydrogen-bond acceptors (Lipinski definition) is 1. The van der Waals surface area contributed by atoms with Crippen molar-refractivity contribution in [3.8, 4) is 0 Å². The molecule has 0 amide bonds. The highest BCUT2D eigenvalue weighted by Crippen LogP contribution is 2.26. The lowest BCUT2D eigenvalue weighted by Crippen LogP contribution is -2.06. The zero-order valence-electron chi connectivity index (χ0n) is 9.59. The van der Waals surface area contributed by atoms with Crippen LogP contribution in [0.4, 0.5) is 4.39 Å². The van der Waals surface area contributed by atoms with Crippen molar-refractivity contribution in [2.75, 3.05) is 0 Å². The van der Waals surface area contributed by atoms with Crippen molar-refractivity contribution in [1.29, 1.82) is 0 Å². The number of halogens is 4. The highest BCUT2D eigenvalue weighted by Gasteiger charge is 2.15. The molecule has 0 spiro atoms. The lowest BCUT2D eigenvalue weighted by atomic mass is 10.0. The average molecular weight is 406 g/mol. The first-order valence-electron chi connectivity index (χ1n) is 5.39. The van der Waals surface area contributed by atoms with Crippen LogP contribution < -0.4 is 0 Å². The summed E-state index contributed by atoms with van der Waals surface area (Å²) in [6, 6.07) is 9.88. The van der Waals surface area contributed by atoms with Gasteiger partial charge in [0.1, 0.15) is 5.82 Å². The van der Waals surface area contributed by atoms with Crippen molar-refractivity contribution in [2.24, 2.45) is 0 Å². The minimum atomic E-state index is -0.571. The highest BCUT2D eigenvalue weighted by molar-refractivity contribution is 9.10. The molecule has 2 rings (SSSR count). The van der Waals surface area contributed by atoms with Crippen LogP contribution in [0.15, 0.2) is 45.3 Å². The monoisotopic (exact) mass is 404 g/mol. The minimum Gasteiger partial charge on any atom is -0.294 e. The van der Waals surface area contributed by atoms with Gasteiger partial charge in [-0.3, -0.25) is 4.79 Å². The molecular weight excluding hydrogens is 398 g/mol. The van der Waals surface area contributed by atoms with E-state index in [1.165, 1.54) is 12.1 Å². The number of hydrogen-bond donors (Lipinski definition) is 0. The van der Waals surface area contributed by atoms with E-state index in [0.717, 1.165) is 10.0 Å². The number of ketones is 1. The highest BCUT2D eigenvalue weighted by atomic mass is 79.9. The van der Waals surface area contributed by atoms with Gasteiger partial charge in [-0.15, -0.1) is 0 Å². The molecular formula is C14H8Br2ClFO. The van der Waals surface area contributed by atoms with E-state index in [4.69, 9.17) is 11.6 Å². The summed E-state index contributed by atoms with van der Waals surface area (Å²) in [5.41, 5.74) is 0.836. The number of benzene rings is 2. The standard InChI is InChI=1S/C14H8Br2ClFO/c15-9-3-1-8(2-4-9)5-14(19)10-6-12(17)11(16)7-13(10)18/h1-4,6-7H,5H2. The van der Waals surface area contributed by atoms with E-state index >= 15 is 0 Å². The van der Waals surface area contributed by atoms with Crippen molar-refractivity contribution < 1.29 is 9.18 Å². The lowest BCUT2D eigenvalue weighted by Gasteiger charge is -2.05. The van der Waals surface area contributed by atoms with Crippen LogP contribution in [0.5, 0.6) is 0 Å². The molecule has 0 saturated carbocycles. The van der Waals surface area contributed by atoms with Crippen LogP contribution in [0.25, 0.3) is 0 Å². The molecule has 98 valence electrons. The van der Waals surface area contributed by atoms with Gasteiger partial charge in [-0.25, -0.2) is 4.39 Å². The van der Waals surface area contributed by atoms with Gasteiger partial charge in [0.2, 0.25) is 0 Å². The smallest absolute Gasteiger partial charge is 0.170 e. The summed E-state index contributed by atoms with van der Waals surface area (Å²) in [4.78, 5) is 12.1. The van der Waals surface area contributed by atoms with E-state index < -0.39 is 5.82 Å². The number of rotatable bonds is 3. The second kappa shape index (κ2) is 6.16. The second-order valence-corrected chi connectivity index (χ2v) is 6.15. The van der Waals surface area contributed by atoms with Crippen LogP contribution in [0.1, 0.15) is 15.9 Å². The third kappa shape index (κ3) is 3.65. The first kappa shape index (κ1) is 14.7. The summed E-state index contributed by atoms with van der Waals surface area (Å²) < 4.78 is 15.1. The first-order valence-corrected chi connectivity index (χ1v) is 7.36. The van der Waals surface area contributed by atoms with Gasteiger partial charge in [-0.2, -0.15) is 0 Å². The fourth-order valence-electron chi connectivity index (χ4n) is 1.62. The maximum atomic E-state index is 13.7. The van der Waals surface area contributed by atoms with Crippen molar-refractivity contribution in [1.82, 2.24) is 0 Å². The zero-order valence-corrected chi connectivity index (χ0v) is 13.5. The van der Waals surface area contributed by atoms with E-state index in [1.54, 1.807) is 0 Å². The van der Waals surface area contributed by atoms with Crippen LogP contribution in [-0.2, 0) is 6.42 Å². The molecule has 5 heteroatoms. The number of Topliss-reactive ketones (excluding diaryl/α,β-unsaturated/α-hetero) is 1. The lowest BCUT2D eigenvalue weighted by molar-refractivity contribution is 0.0989. The molecule has 0 aromatic heterocycles. The van der Waals surface area contributed by atoms with Crippen molar-refractivity contribution in [2.45, 2.75) is 6.42 Å². The fraction of sp³-hybridized carbons (Fsp3) is 0.0714. The molecule has 0 N–H and O–H groups in total. The Morgan fingerprint density at radius 1 is 1.16 bits per heavy atom. The maximum absolute atomic E-state index is 13.7. The molecule has 0 unspecified atom stereocenters. The van der Waals surface area contributed by atoms with Crippen LogP contribution in [0.2, 0.25) is 5.02 Å². The van der Waals surface area contributed by atoms with E-state index in [1.807, 2.05) is 24.3 Å². The Morgan fingerprint density at radius 3 is 2.42 bits per heavy atom. The van der Waals surface area contributed by atoms with Gasteiger partial charge in [0.25, 0.3) is 0 Å². The summed E-state index contributed by atoms with van der Waals surface area (Å²) in [5.74, 6) is -0.868. The fourth-order valence-corrected chi connectivity index (χ4v) is 2.36. The molecule has 0 bridgehead atoms. The van der Waals surface area contributed by atoms with Gasteiger partial charge in [0, 0.05) is 15.4 Å². The van der Waals surface area contributed by atoms with Gasteiger partial charge >= 0.3 is 0 Å². The predicted molar refractivity (Wildman–Crippen MR) is 81.3 cm³/mol. The molecule has 0 saturated heterocycles.